The molecule has 4 nitrogen and oxygen atoms in total. The van der Waals surface area contributed by atoms with Crippen LogP contribution in [0.5, 0.6) is 0 Å². The normalized spacial score (nSPS) is 15.4. The molecule has 0 unspecified atom stereocenters. The van der Waals surface area contributed by atoms with Gasteiger partial charge in [-0.3, -0.25) is 0 Å². The van der Waals surface area contributed by atoms with Gasteiger partial charge in [-0.05, 0) is 30.7 Å². The lowest BCUT2D eigenvalue weighted by atomic mass is 10.3. The van der Waals surface area contributed by atoms with Crippen LogP contribution in [0, 0.1) is 6.92 Å². The van der Waals surface area contributed by atoms with E-state index in [1.165, 1.54) is 24.2 Å². The highest BCUT2D eigenvalue weighted by molar-refractivity contribution is 7.14. The molecule has 2 aromatic heterocycles. The first-order valence-electron chi connectivity index (χ1n) is 5.54. The van der Waals surface area contributed by atoms with E-state index in [9.17, 15) is 0 Å². The van der Waals surface area contributed by atoms with Crippen LogP contribution in [-0.4, -0.2) is 16.2 Å². The van der Waals surface area contributed by atoms with Crippen molar-refractivity contribution in [1.82, 2.24) is 15.5 Å². The summed E-state index contributed by atoms with van der Waals surface area (Å²) in [7, 11) is 0. The summed E-state index contributed by atoms with van der Waals surface area (Å²) < 4.78 is 5.58. The standard InChI is InChI=1S/C11H12ClN3OS/c1-6-5-17-10(9(6)12)11-15-14-8(16-11)4-13-7-2-3-7/h5,7,13H,2-4H2,1H3. The first kappa shape index (κ1) is 11.2. The van der Waals surface area contributed by atoms with Gasteiger partial charge in [0.1, 0.15) is 4.88 Å². The van der Waals surface area contributed by atoms with Crippen LogP contribution in [0.1, 0.15) is 24.3 Å². The molecule has 17 heavy (non-hydrogen) atoms. The molecule has 0 bridgehead atoms. The highest BCUT2D eigenvalue weighted by Crippen LogP contribution is 2.35. The summed E-state index contributed by atoms with van der Waals surface area (Å²) in [5.74, 6) is 1.13. The lowest BCUT2D eigenvalue weighted by Gasteiger charge is -1.95. The van der Waals surface area contributed by atoms with Crippen molar-refractivity contribution in [2.45, 2.75) is 32.4 Å². The van der Waals surface area contributed by atoms with Crippen molar-refractivity contribution < 1.29 is 4.42 Å². The van der Waals surface area contributed by atoms with Crippen LogP contribution in [-0.2, 0) is 6.54 Å². The summed E-state index contributed by atoms with van der Waals surface area (Å²) >= 11 is 7.69. The minimum Gasteiger partial charge on any atom is -0.418 e. The van der Waals surface area contributed by atoms with E-state index in [1.807, 2.05) is 12.3 Å². The van der Waals surface area contributed by atoms with Crippen molar-refractivity contribution in [3.8, 4) is 10.8 Å². The Morgan fingerprint density at radius 1 is 1.53 bits per heavy atom. The molecule has 1 saturated carbocycles. The molecule has 6 heteroatoms. The smallest absolute Gasteiger partial charge is 0.259 e. The monoisotopic (exact) mass is 269 g/mol. The second-order valence-corrected chi connectivity index (χ2v) is 5.48. The molecule has 1 aliphatic carbocycles. The maximum atomic E-state index is 6.16. The maximum Gasteiger partial charge on any atom is 0.259 e. The van der Waals surface area contributed by atoms with E-state index in [0.29, 0.717) is 29.4 Å². The number of aryl methyl sites for hydroxylation is 1. The molecule has 1 fully saturated rings. The SMILES string of the molecule is Cc1csc(-c2nnc(CNC3CC3)o2)c1Cl. The molecule has 0 aliphatic heterocycles. The highest BCUT2D eigenvalue weighted by Gasteiger charge is 2.21. The number of hydrogen-bond donors (Lipinski definition) is 1. The number of rotatable bonds is 4. The molecule has 0 saturated heterocycles. The van der Waals surface area contributed by atoms with Gasteiger partial charge in [-0.1, -0.05) is 11.6 Å². The molecule has 2 aromatic rings. The van der Waals surface area contributed by atoms with Crippen LogP contribution in [0.25, 0.3) is 10.8 Å². The van der Waals surface area contributed by atoms with Gasteiger partial charge in [0.25, 0.3) is 5.89 Å². The van der Waals surface area contributed by atoms with Crippen LogP contribution in [0.4, 0.5) is 0 Å². The molecule has 0 spiro atoms. The molecule has 1 aliphatic rings. The number of hydrogen-bond acceptors (Lipinski definition) is 5. The van der Waals surface area contributed by atoms with Crippen LogP contribution in [0.3, 0.4) is 0 Å². The number of thiophene rings is 1. The van der Waals surface area contributed by atoms with Crippen LogP contribution >= 0.6 is 22.9 Å². The van der Waals surface area contributed by atoms with E-state index in [1.54, 1.807) is 0 Å². The Kier molecular flexibility index (Phi) is 2.90. The first-order chi connectivity index (χ1) is 8.24. The van der Waals surface area contributed by atoms with Gasteiger partial charge in [0.15, 0.2) is 0 Å². The molecule has 3 rings (SSSR count). The first-order valence-corrected chi connectivity index (χ1v) is 6.79. The molecule has 0 atom stereocenters. The Morgan fingerprint density at radius 2 is 2.35 bits per heavy atom. The topological polar surface area (TPSA) is 51.0 Å². The number of nitrogens with zero attached hydrogens (tertiary/aromatic N) is 2. The van der Waals surface area contributed by atoms with Gasteiger partial charge in [0, 0.05) is 6.04 Å². The van der Waals surface area contributed by atoms with Crippen molar-refractivity contribution in [3.05, 3.63) is 21.9 Å². The summed E-state index contributed by atoms with van der Waals surface area (Å²) in [5, 5.41) is 14.1. The largest absolute Gasteiger partial charge is 0.418 e. The second-order valence-electron chi connectivity index (χ2n) is 4.22. The van der Waals surface area contributed by atoms with Crippen molar-refractivity contribution in [1.29, 1.82) is 0 Å². The Hall–Kier alpha value is -0.910. The molecule has 0 amide bonds. The summed E-state index contributed by atoms with van der Waals surface area (Å²) in [6.45, 7) is 2.61. The van der Waals surface area contributed by atoms with Gasteiger partial charge >= 0.3 is 0 Å². The minimum atomic E-state index is 0.515. The molecular formula is C11H12ClN3OS. The van der Waals surface area contributed by atoms with Gasteiger partial charge < -0.3 is 9.73 Å². The molecule has 90 valence electrons. The van der Waals surface area contributed by atoms with E-state index in [0.717, 1.165) is 10.4 Å². The van der Waals surface area contributed by atoms with Crippen molar-refractivity contribution in [2.75, 3.05) is 0 Å². The predicted molar refractivity (Wildman–Crippen MR) is 67.2 cm³/mol. The van der Waals surface area contributed by atoms with Crippen molar-refractivity contribution in [3.63, 3.8) is 0 Å². The van der Waals surface area contributed by atoms with E-state index >= 15 is 0 Å². The Balaban J connectivity index is 1.76. The van der Waals surface area contributed by atoms with Crippen LogP contribution in [0.15, 0.2) is 9.80 Å². The van der Waals surface area contributed by atoms with Gasteiger partial charge in [-0.15, -0.1) is 21.5 Å². The van der Waals surface area contributed by atoms with Gasteiger partial charge in [0.05, 0.1) is 11.6 Å². The minimum absolute atomic E-state index is 0.515. The van der Waals surface area contributed by atoms with Crippen molar-refractivity contribution in [2.24, 2.45) is 0 Å². The van der Waals surface area contributed by atoms with Crippen LogP contribution in [0.2, 0.25) is 5.02 Å². The Labute approximate surface area is 108 Å². The van der Waals surface area contributed by atoms with Gasteiger partial charge in [-0.25, -0.2) is 0 Å². The zero-order valence-electron chi connectivity index (χ0n) is 9.36. The Morgan fingerprint density at radius 3 is 3.00 bits per heavy atom. The Bertz CT molecular complexity index is 533. The lowest BCUT2D eigenvalue weighted by molar-refractivity contribution is 0.477. The van der Waals surface area contributed by atoms with Crippen molar-refractivity contribution >= 4 is 22.9 Å². The highest BCUT2D eigenvalue weighted by atomic mass is 35.5. The summed E-state index contributed by atoms with van der Waals surface area (Å²) in [5.41, 5.74) is 1.04. The fraction of sp³-hybridized carbons (Fsp3) is 0.455. The molecule has 0 radical (unpaired) electrons. The predicted octanol–water partition coefficient (Wildman–Crippen LogP) is 3.01. The summed E-state index contributed by atoms with van der Waals surface area (Å²) in [6, 6.07) is 0.637. The zero-order chi connectivity index (χ0) is 11.8. The zero-order valence-corrected chi connectivity index (χ0v) is 10.9. The molecule has 1 N–H and O–H groups in total. The number of aromatic nitrogens is 2. The third-order valence-electron chi connectivity index (χ3n) is 2.68. The van der Waals surface area contributed by atoms with Crippen LogP contribution < -0.4 is 5.32 Å². The molecule has 2 heterocycles. The summed E-state index contributed by atoms with van der Waals surface area (Å²) in [6.07, 6.45) is 2.49. The number of halogens is 1. The van der Waals surface area contributed by atoms with E-state index in [-0.39, 0.29) is 0 Å². The molecule has 0 aromatic carbocycles. The van der Waals surface area contributed by atoms with Gasteiger partial charge in [-0.2, -0.15) is 0 Å². The quantitative estimate of drug-likeness (QED) is 0.927. The fourth-order valence-corrected chi connectivity index (χ4v) is 2.70. The lowest BCUT2D eigenvalue weighted by Crippen LogP contribution is -2.15. The maximum absolute atomic E-state index is 6.16. The van der Waals surface area contributed by atoms with E-state index in [4.69, 9.17) is 16.0 Å². The average Bonchev–Trinajstić information content (AvgIpc) is 2.95. The van der Waals surface area contributed by atoms with Gasteiger partial charge in [0.2, 0.25) is 5.89 Å². The van der Waals surface area contributed by atoms with E-state index in [2.05, 4.69) is 15.5 Å². The third-order valence-corrected chi connectivity index (χ3v) is 4.36. The average molecular weight is 270 g/mol. The number of nitrogens with one attached hydrogen (secondary N) is 1. The second kappa shape index (κ2) is 4.40. The molecular weight excluding hydrogens is 258 g/mol. The summed E-state index contributed by atoms with van der Waals surface area (Å²) in [4.78, 5) is 0.856. The van der Waals surface area contributed by atoms with E-state index < -0.39 is 0 Å². The fourth-order valence-electron chi connectivity index (χ4n) is 1.51. The third kappa shape index (κ3) is 2.36.